The summed E-state index contributed by atoms with van der Waals surface area (Å²) in [5.74, 6) is -0.0804. The molecule has 5 N–H and O–H groups in total. The van der Waals surface area contributed by atoms with Gasteiger partial charge in [-0.15, -0.1) is 0 Å². The summed E-state index contributed by atoms with van der Waals surface area (Å²) in [5.41, 5.74) is 4.69. The Morgan fingerprint density at radius 1 is 1.03 bits per heavy atom. The van der Waals surface area contributed by atoms with Gasteiger partial charge < -0.3 is 31.2 Å². The van der Waals surface area contributed by atoms with E-state index in [-0.39, 0.29) is 30.4 Å². The monoisotopic (exact) mass is 489 g/mol. The number of pyridine rings is 1. The van der Waals surface area contributed by atoms with Gasteiger partial charge in [0.15, 0.2) is 5.75 Å². The van der Waals surface area contributed by atoms with Crippen LogP contribution in [0.2, 0.25) is 0 Å². The first-order valence-electron chi connectivity index (χ1n) is 10.3. The summed E-state index contributed by atoms with van der Waals surface area (Å²) in [6, 6.07) is 11.8. The van der Waals surface area contributed by atoms with E-state index in [4.69, 9.17) is 15.2 Å². The predicted molar refractivity (Wildman–Crippen MR) is 123 cm³/mol. The van der Waals surface area contributed by atoms with Gasteiger partial charge in [-0.1, -0.05) is 6.07 Å². The van der Waals surface area contributed by atoms with E-state index in [1.54, 1.807) is 18.2 Å². The van der Waals surface area contributed by atoms with Crippen molar-refractivity contribution >= 4 is 23.3 Å². The molecule has 3 amide bonds. The Kier molecular flexibility index (Phi) is 8.10. The van der Waals surface area contributed by atoms with Gasteiger partial charge in [0.25, 0.3) is 5.91 Å². The van der Waals surface area contributed by atoms with Gasteiger partial charge >= 0.3 is 12.2 Å². The van der Waals surface area contributed by atoms with Crippen molar-refractivity contribution in [3.8, 4) is 17.2 Å². The molecule has 3 aromatic rings. The zero-order valence-corrected chi connectivity index (χ0v) is 18.5. The minimum Gasteiger partial charge on any atom is -0.489 e. The number of nitrogens with zero attached hydrogens (tertiary/aromatic N) is 1. The fourth-order valence-electron chi connectivity index (χ4n) is 2.93. The van der Waals surface area contributed by atoms with Crippen molar-refractivity contribution in [1.29, 1.82) is 0 Å². The lowest BCUT2D eigenvalue weighted by atomic mass is 10.1. The number of anilines is 2. The molecule has 0 unspecified atom stereocenters. The average Bonchev–Trinajstić information content (AvgIpc) is 2.83. The lowest BCUT2D eigenvalue weighted by Gasteiger charge is -2.18. The molecule has 0 radical (unpaired) electrons. The number of nitrogens with one attached hydrogen (secondary N) is 3. The maximum absolute atomic E-state index is 13.3. The molecule has 0 atom stereocenters. The lowest BCUT2D eigenvalue weighted by Crippen LogP contribution is -2.21. The molecular weight excluding hydrogens is 467 g/mol. The van der Waals surface area contributed by atoms with E-state index in [1.807, 2.05) is 0 Å². The molecule has 0 bridgehead atoms. The minimum absolute atomic E-state index is 0.00114. The molecular formula is C23H22F3N5O4. The summed E-state index contributed by atoms with van der Waals surface area (Å²) in [6.45, 7) is -0.161. The second kappa shape index (κ2) is 11.2. The molecule has 0 aliphatic heterocycles. The molecule has 1 heterocycles. The number of amides is 3. The molecule has 35 heavy (non-hydrogen) atoms. The van der Waals surface area contributed by atoms with Gasteiger partial charge in [0, 0.05) is 31.5 Å². The topological polar surface area (TPSA) is 128 Å². The van der Waals surface area contributed by atoms with Crippen LogP contribution in [0, 0.1) is 0 Å². The second-order valence-electron chi connectivity index (χ2n) is 6.98. The number of urea groups is 1. The highest BCUT2D eigenvalue weighted by atomic mass is 19.4. The Bertz CT molecular complexity index is 1190. The molecule has 2 aromatic carbocycles. The van der Waals surface area contributed by atoms with Crippen LogP contribution < -0.4 is 31.2 Å². The van der Waals surface area contributed by atoms with Crippen molar-refractivity contribution in [3.63, 3.8) is 0 Å². The van der Waals surface area contributed by atoms with Crippen molar-refractivity contribution in [2.45, 2.75) is 6.18 Å². The van der Waals surface area contributed by atoms with E-state index >= 15 is 0 Å². The number of hydrogen-bond acceptors (Lipinski definition) is 6. The van der Waals surface area contributed by atoms with E-state index in [1.165, 1.54) is 37.5 Å². The highest BCUT2D eigenvalue weighted by Gasteiger charge is 2.35. The number of halogens is 3. The van der Waals surface area contributed by atoms with Gasteiger partial charge in [0.05, 0.1) is 11.3 Å². The van der Waals surface area contributed by atoms with E-state index in [0.29, 0.717) is 17.2 Å². The molecule has 0 spiro atoms. The van der Waals surface area contributed by atoms with Gasteiger partial charge in [-0.25, -0.2) is 4.79 Å². The number of carbonyl (C=O) groups excluding carboxylic acids is 2. The normalized spacial score (nSPS) is 10.9. The van der Waals surface area contributed by atoms with E-state index < -0.39 is 23.5 Å². The molecule has 0 saturated heterocycles. The summed E-state index contributed by atoms with van der Waals surface area (Å²) >= 11 is 0. The van der Waals surface area contributed by atoms with Crippen molar-refractivity contribution in [1.82, 2.24) is 10.3 Å². The fraction of sp³-hybridized carbons (Fsp3) is 0.174. The number of alkyl halides is 3. The fourth-order valence-corrected chi connectivity index (χ4v) is 2.93. The van der Waals surface area contributed by atoms with E-state index in [2.05, 4.69) is 20.9 Å². The minimum atomic E-state index is -4.68. The maximum Gasteiger partial charge on any atom is 0.420 e. The number of benzene rings is 2. The van der Waals surface area contributed by atoms with Crippen molar-refractivity contribution in [2.24, 2.45) is 5.73 Å². The Labute approximate surface area is 198 Å². The van der Waals surface area contributed by atoms with Crippen LogP contribution in [0.3, 0.4) is 0 Å². The van der Waals surface area contributed by atoms with Crippen LogP contribution in [-0.2, 0) is 6.18 Å². The Balaban J connectivity index is 1.68. The van der Waals surface area contributed by atoms with Gasteiger partial charge in [-0.2, -0.15) is 13.2 Å². The van der Waals surface area contributed by atoms with Gasteiger partial charge in [-0.05, 0) is 42.5 Å². The number of rotatable bonds is 8. The predicted octanol–water partition coefficient (Wildman–Crippen LogP) is 4.23. The standard InChI is InChI=1S/C23H22F3N5O4/c1-28-21(32)19-13-16(9-11-29-19)35-15-7-5-14(6-8-15)30-22(33)31-18-4-2-3-17(23(24,25)26)20(18)34-12-10-27/h2-9,11,13H,10,12,27H2,1H3,(H,28,32)(H2,30,31,33). The number of ether oxygens (including phenoxy) is 2. The maximum atomic E-state index is 13.3. The highest BCUT2D eigenvalue weighted by Crippen LogP contribution is 2.40. The third kappa shape index (κ3) is 6.84. The van der Waals surface area contributed by atoms with E-state index in [0.717, 1.165) is 12.1 Å². The highest BCUT2D eigenvalue weighted by molar-refractivity contribution is 6.00. The largest absolute Gasteiger partial charge is 0.489 e. The summed E-state index contributed by atoms with van der Waals surface area (Å²) in [5, 5.41) is 7.36. The summed E-state index contributed by atoms with van der Waals surface area (Å²) in [7, 11) is 1.49. The summed E-state index contributed by atoms with van der Waals surface area (Å²) in [6.07, 6.45) is -3.25. The van der Waals surface area contributed by atoms with Crippen LogP contribution in [0.1, 0.15) is 16.1 Å². The molecule has 0 fully saturated rings. The third-order valence-electron chi connectivity index (χ3n) is 4.47. The Hall–Kier alpha value is -4.32. The van der Waals surface area contributed by atoms with Crippen LogP contribution in [0.15, 0.2) is 60.8 Å². The number of hydrogen-bond donors (Lipinski definition) is 4. The molecule has 1 aromatic heterocycles. The van der Waals surface area contributed by atoms with E-state index in [9.17, 15) is 22.8 Å². The SMILES string of the molecule is CNC(=O)c1cc(Oc2ccc(NC(=O)Nc3cccc(C(F)(F)F)c3OCCN)cc2)ccn1. The van der Waals surface area contributed by atoms with Crippen LogP contribution in [-0.4, -0.2) is 37.1 Å². The molecule has 184 valence electrons. The van der Waals surface area contributed by atoms with Crippen LogP contribution in [0.4, 0.5) is 29.3 Å². The first-order chi connectivity index (χ1) is 16.7. The summed E-state index contributed by atoms with van der Waals surface area (Å²) < 4.78 is 50.9. The van der Waals surface area contributed by atoms with Crippen molar-refractivity contribution < 1.29 is 32.2 Å². The quantitative estimate of drug-likeness (QED) is 0.375. The zero-order chi connectivity index (χ0) is 25.4. The average molecular weight is 489 g/mol. The molecule has 0 saturated carbocycles. The van der Waals surface area contributed by atoms with Crippen LogP contribution >= 0.6 is 0 Å². The first-order valence-corrected chi connectivity index (χ1v) is 10.3. The number of aromatic nitrogens is 1. The lowest BCUT2D eigenvalue weighted by molar-refractivity contribution is -0.138. The second-order valence-corrected chi connectivity index (χ2v) is 6.98. The molecule has 9 nitrogen and oxygen atoms in total. The molecule has 0 aliphatic carbocycles. The van der Waals surface area contributed by atoms with Crippen molar-refractivity contribution in [3.05, 3.63) is 72.1 Å². The van der Waals surface area contributed by atoms with Gasteiger partial charge in [0.1, 0.15) is 23.8 Å². The first kappa shape index (κ1) is 25.3. The third-order valence-corrected chi connectivity index (χ3v) is 4.47. The smallest absolute Gasteiger partial charge is 0.420 e. The van der Waals surface area contributed by atoms with Gasteiger partial charge in [-0.3, -0.25) is 9.78 Å². The number of nitrogens with two attached hydrogens (primary N) is 1. The van der Waals surface area contributed by atoms with Crippen LogP contribution in [0.25, 0.3) is 0 Å². The van der Waals surface area contributed by atoms with Crippen molar-refractivity contribution in [2.75, 3.05) is 30.8 Å². The molecule has 12 heteroatoms. The van der Waals surface area contributed by atoms with Gasteiger partial charge in [0.2, 0.25) is 0 Å². The number of carbonyl (C=O) groups is 2. The summed E-state index contributed by atoms with van der Waals surface area (Å²) in [4.78, 5) is 28.1. The zero-order valence-electron chi connectivity index (χ0n) is 18.5. The Morgan fingerprint density at radius 2 is 1.77 bits per heavy atom. The van der Waals surface area contributed by atoms with Crippen LogP contribution in [0.5, 0.6) is 17.2 Å². The Morgan fingerprint density at radius 3 is 2.43 bits per heavy atom. The number of para-hydroxylation sites is 1. The molecule has 0 aliphatic rings. The molecule has 3 rings (SSSR count).